The first-order valence-corrected chi connectivity index (χ1v) is 7.46. The van der Waals surface area contributed by atoms with Gasteiger partial charge in [0.2, 0.25) is 0 Å². The van der Waals surface area contributed by atoms with Crippen molar-refractivity contribution in [2.24, 2.45) is 10.4 Å². The molecule has 0 amide bonds. The van der Waals surface area contributed by atoms with E-state index in [2.05, 4.69) is 43.8 Å². The highest BCUT2D eigenvalue weighted by molar-refractivity contribution is 5.80. The standard InChI is InChI=1S/C14H24N6/c1-14(2)6-8-19(10-14)13(15-3)16-9-12-18-17-11-5-4-7-20(11)12/h4-10H2,1-3H3,(H,15,16). The van der Waals surface area contributed by atoms with Crippen molar-refractivity contribution >= 4 is 5.96 Å². The van der Waals surface area contributed by atoms with Crippen molar-refractivity contribution in [3.05, 3.63) is 11.6 Å². The Balaban J connectivity index is 1.62. The highest BCUT2D eigenvalue weighted by Crippen LogP contribution is 2.28. The third-order valence-electron chi connectivity index (χ3n) is 4.28. The fourth-order valence-corrected chi connectivity index (χ4v) is 3.13. The lowest BCUT2D eigenvalue weighted by molar-refractivity contribution is 0.369. The SMILES string of the molecule is CN=C(NCc1nnc2n1CCC2)N1CCC(C)(C)C1. The molecular formula is C14H24N6. The number of fused-ring (bicyclic) bond motifs is 1. The molecule has 6 nitrogen and oxygen atoms in total. The predicted molar refractivity (Wildman–Crippen MR) is 78.5 cm³/mol. The number of guanidine groups is 1. The number of rotatable bonds is 2. The number of hydrogen-bond donors (Lipinski definition) is 1. The summed E-state index contributed by atoms with van der Waals surface area (Å²) in [6.07, 6.45) is 3.46. The van der Waals surface area contributed by atoms with Gasteiger partial charge in [0.25, 0.3) is 0 Å². The molecule has 110 valence electrons. The summed E-state index contributed by atoms with van der Waals surface area (Å²) in [6, 6.07) is 0. The van der Waals surface area contributed by atoms with E-state index in [1.54, 1.807) is 0 Å². The van der Waals surface area contributed by atoms with Gasteiger partial charge in [-0.05, 0) is 18.3 Å². The predicted octanol–water partition coefficient (Wildman–Crippen LogP) is 1.03. The van der Waals surface area contributed by atoms with Crippen molar-refractivity contribution in [2.75, 3.05) is 20.1 Å². The van der Waals surface area contributed by atoms with Crippen LogP contribution in [0.2, 0.25) is 0 Å². The molecule has 1 aromatic heterocycles. The number of likely N-dealkylation sites (tertiary alicyclic amines) is 1. The minimum absolute atomic E-state index is 0.383. The van der Waals surface area contributed by atoms with Gasteiger partial charge in [-0.1, -0.05) is 13.8 Å². The van der Waals surface area contributed by atoms with Crippen LogP contribution in [0.15, 0.2) is 4.99 Å². The van der Waals surface area contributed by atoms with E-state index in [1.165, 1.54) is 12.8 Å². The van der Waals surface area contributed by atoms with Crippen LogP contribution in [-0.2, 0) is 19.5 Å². The van der Waals surface area contributed by atoms with E-state index in [4.69, 9.17) is 0 Å². The van der Waals surface area contributed by atoms with Crippen LogP contribution in [0.1, 0.15) is 38.3 Å². The second-order valence-electron chi connectivity index (χ2n) is 6.52. The van der Waals surface area contributed by atoms with E-state index in [-0.39, 0.29) is 0 Å². The molecule has 2 aliphatic heterocycles. The summed E-state index contributed by atoms with van der Waals surface area (Å²) < 4.78 is 2.23. The Morgan fingerprint density at radius 3 is 2.90 bits per heavy atom. The molecule has 0 atom stereocenters. The molecule has 1 N–H and O–H groups in total. The molecule has 0 radical (unpaired) electrons. The monoisotopic (exact) mass is 276 g/mol. The molecule has 0 bridgehead atoms. The highest BCUT2D eigenvalue weighted by Gasteiger charge is 2.31. The molecule has 1 fully saturated rings. The lowest BCUT2D eigenvalue weighted by Gasteiger charge is -2.23. The summed E-state index contributed by atoms with van der Waals surface area (Å²) in [4.78, 5) is 6.74. The van der Waals surface area contributed by atoms with Gasteiger partial charge >= 0.3 is 0 Å². The first-order chi connectivity index (χ1) is 9.59. The number of nitrogens with one attached hydrogen (secondary N) is 1. The van der Waals surface area contributed by atoms with E-state index in [1.807, 2.05) is 7.05 Å². The molecule has 1 aromatic rings. The Labute approximate surface area is 120 Å². The fraction of sp³-hybridized carbons (Fsp3) is 0.786. The normalized spacial score (nSPS) is 21.4. The molecule has 2 aliphatic rings. The maximum absolute atomic E-state index is 4.40. The molecule has 0 aliphatic carbocycles. The van der Waals surface area contributed by atoms with Crippen LogP contribution in [0, 0.1) is 5.41 Å². The summed E-state index contributed by atoms with van der Waals surface area (Å²) in [6.45, 7) is 8.51. The Morgan fingerprint density at radius 2 is 2.20 bits per heavy atom. The van der Waals surface area contributed by atoms with Gasteiger partial charge in [-0.15, -0.1) is 10.2 Å². The van der Waals surface area contributed by atoms with Crippen LogP contribution in [-0.4, -0.2) is 45.8 Å². The number of aryl methyl sites for hydroxylation is 1. The average Bonchev–Trinajstić information content (AvgIpc) is 3.07. The molecule has 1 saturated heterocycles. The second kappa shape index (κ2) is 5.07. The zero-order valence-corrected chi connectivity index (χ0v) is 12.7. The lowest BCUT2D eigenvalue weighted by atomic mass is 9.93. The maximum atomic E-state index is 4.40. The van der Waals surface area contributed by atoms with Gasteiger partial charge in [0.05, 0.1) is 6.54 Å². The zero-order chi connectivity index (χ0) is 14.2. The molecular weight excluding hydrogens is 252 g/mol. The summed E-state index contributed by atoms with van der Waals surface area (Å²) in [7, 11) is 1.85. The van der Waals surface area contributed by atoms with Gasteiger partial charge < -0.3 is 14.8 Å². The third-order valence-corrected chi connectivity index (χ3v) is 4.28. The number of aromatic nitrogens is 3. The van der Waals surface area contributed by atoms with Gasteiger partial charge in [0.1, 0.15) is 5.82 Å². The summed E-state index contributed by atoms with van der Waals surface area (Å²) in [5.41, 5.74) is 0.383. The van der Waals surface area contributed by atoms with Crippen molar-refractivity contribution in [1.29, 1.82) is 0 Å². The Hall–Kier alpha value is -1.59. The number of nitrogens with zero attached hydrogens (tertiary/aromatic N) is 5. The van der Waals surface area contributed by atoms with E-state index in [0.717, 1.165) is 43.7 Å². The minimum atomic E-state index is 0.383. The van der Waals surface area contributed by atoms with Crippen LogP contribution in [0.5, 0.6) is 0 Å². The van der Waals surface area contributed by atoms with Crippen molar-refractivity contribution < 1.29 is 0 Å². The molecule has 3 heterocycles. The van der Waals surface area contributed by atoms with Crippen LogP contribution >= 0.6 is 0 Å². The van der Waals surface area contributed by atoms with E-state index in [0.29, 0.717) is 12.0 Å². The van der Waals surface area contributed by atoms with E-state index in [9.17, 15) is 0 Å². The lowest BCUT2D eigenvalue weighted by Crippen LogP contribution is -2.40. The van der Waals surface area contributed by atoms with Crippen LogP contribution in [0.3, 0.4) is 0 Å². The summed E-state index contributed by atoms with van der Waals surface area (Å²) in [5.74, 6) is 3.13. The minimum Gasteiger partial charge on any atom is -0.349 e. The summed E-state index contributed by atoms with van der Waals surface area (Å²) in [5, 5.41) is 12.0. The number of hydrogen-bond acceptors (Lipinski definition) is 3. The number of aliphatic imine (C=N–C) groups is 1. The molecule has 3 rings (SSSR count). The van der Waals surface area contributed by atoms with Crippen LogP contribution in [0.25, 0.3) is 0 Å². The summed E-state index contributed by atoms with van der Waals surface area (Å²) >= 11 is 0. The Morgan fingerprint density at radius 1 is 1.35 bits per heavy atom. The Kier molecular flexibility index (Phi) is 3.40. The first kappa shape index (κ1) is 13.4. The van der Waals surface area contributed by atoms with Crippen molar-refractivity contribution in [1.82, 2.24) is 25.0 Å². The zero-order valence-electron chi connectivity index (χ0n) is 12.7. The first-order valence-electron chi connectivity index (χ1n) is 7.46. The highest BCUT2D eigenvalue weighted by atomic mass is 15.3. The fourth-order valence-electron chi connectivity index (χ4n) is 3.13. The van der Waals surface area contributed by atoms with Crippen LogP contribution in [0.4, 0.5) is 0 Å². The van der Waals surface area contributed by atoms with Gasteiger partial charge in [-0.2, -0.15) is 0 Å². The van der Waals surface area contributed by atoms with Gasteiger partial charge in [-0.25, -0.2) is 0 Å². The largest absolute Gasteiger partial charge is 0.349 e. The quantitative estimate of drug-likeness (QED) is 0.647. The van der Waals surface area contributed by atoms with Crippen molar-refractivity contribution in [2.45, 2.75) is 46.2 Å². The third kappa shape index (κ3) is 2.51. The van der Waals surface area contributed by atoms with Crippen LogP contribution < -0.4 is 5.32 Å². The molecule has 20 heavy (non-hydrogen) atoms. The molecule has 0 unspecified atom stereocenters. The average molecular weight is 276 g/mol. The van der Waals surface area contributed by atoms with Crippen molar-refractivity contribution in [3.63, 3.8) is 0 Å². The van der Waals surface area contributed by atoms with Gasteiger partial charge in [-0.3, -0.25) is 4.99 Å². The second-order valence-corrected chi connectivity index (χ2v) is 6.52. The smallest absolute Gasteiger partial charge is 0.194 e. The molecule has 0 saturated carbocycles. The van der Waals surface area contributed by atoms with Gasteiger partial charge in [0, 0.05) is 33.1 Å². The molecule has 0 spiro atoms. The molecule has 6 heteroatoms. The Bertz CT molecular complexity index is 516. The maximum Gasteiger partial charge on any atom is 0.194 e. The molecule has 0 aromatic carbocycles. The van der Waals surface area contributed by atoms with Gasteiger partial charge in [0.15, 0.2) is 11.8 Å². The van der Waals surface area contributed by atoms with E-state index >= 15 is 0 Å². The van der Waals surface area contributed by atoms with E-state index < -0.39 is 0 Å². The topological polar surface area (TPSA) is 58.3 Å². The van der Waals surface area contributed by atoms with Crippen molar-refractivity contribution in [3.8, 4) is 0 Å².